The molecule has 1 atom stereocenters. The van der Waals surface area contributed by atoms with Crippen LogP contribution in [0.25, 0.3) is 10.9 Å². The smallest absolute Gasteiger partial charge is 0.270 e. The van der Waals surface area contributed by atoms with Gasteiger partial charge < -0.3 is 10.6 Å². The number of carbonyl (C=O) groups excluding carboxylic acids is 1. The molecular formula is C18H20N6O. The number of nitrogens with one attached hydrogen (secondary N) is 2. The zero-order chi connectivity index (χ0) is 17.2. The normalized spacial score (nSPS) is 17.1. The Bertz CT molecular complexity index is 913. The van der Waals surface area contributed by atoms with Gasteiger partial charge in [-0.2, -0.15) is 0 Å². The van der Waals surface area contributed by atoms with Gasteiger partial charge in [0.05, 0.1) is 24.3 Å². The van der Waals surface area contributed by atoms with Crippen molar-refractivity contribution >= 4 is 16.8 Å². The Morgan fingerprint density at radius 3 is 3.12 bits per heavy atom. The Balaban J connectivity index is 1.44. The number of hydrogen-bond donors (Lipinski definition) is 2. The van der Waals surface area contributed by atoms with Crippen LogP contribution in [0.4, 0.5) is 0 Å². The van der Waals surface area contributed by atoms with Crippen molar-refractivity contribution in [2.45, 2.75) is 25.9 Å². The lowest BCUT2D eigenvalue weighted by Gasteiger charge is -2.07. The largest absolute Gasteiger partial charge is 0.345 e. The summed E-state index contributed by atoms with van der Waals surface area (Å²) in [7, 11) is 0. The van der Waals surface area contributed by atoms with E-state index in [0.29, 0.717) is 18.3 Å². The molecule has 3 aromatic rings. The summed E-state index contributed by atoms with van der Waals surface area (Å²) in [6.07, 6.45) is 2.95. The number of aryl methyl sites for hydroxylation is 1. The zero-order valence-corrected chi connectivity index (χ0v) is 14.1. The highest BCUT2D eigenvalue weighted by Gasteiger charge is 2.18. The van der Waals surface area contributed by atoms with Gasteiger partial charge in [-0.1, -0.05) is 29.5 Å². The molecular weight excluding hydrogens is 316 g/mol. The van der Waals surface area contributed by atoms with Gasteiger partial charge in [-0.25, -0.2) is 9.67 Å². The summed E-state index contributed by atoms with van der Waals surface area (Å²) in [5.41, 5.74) is 3.07. The predicted molar refractivity (Wildman–Crippen MR) is 94.2 cm³/mol. The van der Waals surface area contributed by atoms with Crippen LogP contribution in [0.3, 0.4) is 0 Å². The van der Waals surface area contributed by atoms with E-state index in [1.165, 1.54) is 0 Å². The average Bonchev–Trinajstić information content (AvgIpc) is 3.31. The molecule has 0 aliphatic carbocycles. The van der Waals surface area contributed by atoms with Crippen molar-refractivity contribution in [3.05, 3.63) is 53.5 Å². The van der Waals surface area contributed by atoms with Crippen molar-refractivity contribution in [3.8, 4) is 0 Å². The number of nitrogens with zero attached hydrogens (tertiary/aromatic N) is 4. The molecule has 1 aromatic carbocycles. The molecule has 1 amide bonds. The van der Waals surface area contributed by atoms with E-state index in [0.717, 1.165) is 41.7 Å². The van der Waals surface area contributed by atoms with E-state index in [2.05, 4.69) is 25.9 Å². The first-order valence-corrected chi connectivity index (χ1v) is 8.47. The summed E-state index contributed by atoms with van der Waals surface area (Å²) >= 11 is 0. The van der Waals surface area contributed by atoms with Crippen LogP contribution in [0.5, 0.6) is 0 Å². The van der Waals surface area contributed by atoms with Gasteiger partial charge in [0, 0.05) is 11.9 Å². The van der Waals surface area contributed by atoms with Gasteiger partial charge >= 0.3 is 0 Å². The van der Waals surface area contributed by atoms with E-state index < -0.39 is 0 Å². The van der Waals surface area contributed by atoms with E-state index in [1.807, 2.05) is 42.1 Å². The predicted octanol–water partition coefficient (Wildman–Crippen LogP) is 1.60. The van der Waals surface area contributed by atoms with Crippen molar-refractivity contribution in [2.24, 2.45) is 0 Å². The fourth-order valence-electron chi connectivity index (χ4n) is 3.12. The van der Waals surface area contributed by atoms with Crippen molar-refractivity contribution in [3.63, 3.8) is 0 Å². The summed E-state index contributed by atoms with van der Waals surface area (Å²) in [5.74, 6) is -0.206. The number of amides is 1. The standard InChI is InChI=1S/C18H20N6O/c1-12-3-2-4-13-5-6-16(21-17(12)13)18(25)20-9-14-11-24(23-22-14)15-7-8-19-10-15/h2-6,11,15,19H,7-10H2,1H3,(H,20,25). The number of para-hydroxylation sites is 1. The lowest BCUT2D eigenvalue weighted by Crippen LogP contribution is -2.24. The van der Waals surface area contributed by atoms with Gasteiger partial charge in [0.1, 0.15) is 11.4 Å². The number of benzene rings is 1. The number of fused-ring (bicyclic) bond motifs is 1. The van der Waals surface area contributed by atoms with E-state index in [4.69, 9.17) is 0 Å². The molecule has 0 radical (unpaired) electrons. The highest BCUT2D eigenvalue weighted by Crippen LogP contribution is 2.16. The molecule has 0 saturated carbocycles. The summed E-state index contributed by atoms with van der Waals surface area (Å²) in [6, 6.07) is 10.00. The molecule has 25 heavy (non-hydrogen) atoms. The third-order valence-electron chi connectivity index (χ3n) is 4.55. The van der Waals surface area contributed by atoms with E-state index >= 15 is 0 Å². The molecule has 2 N–H and O–H groups in total. The van der Waals surface area contributed by atoms with E-state index in [1.54, 1.807) is 6.07 Å². The number of pyridine rings is 1. The van der Waals surface area contributed by atoms with Gasteiger partial charge in [0.25, 0.3) is 5.91 Å². The van der Waals surface area contributed by atoms with Crippen LogP contribution < -0.4 is 10.6 Å². The van der Waals surface area contributed by atoms with Crippen molar-refractivity contribution in [1.82, 2.24) is 30.6 Å². The summed E-state index contributed by atoms with van der Waals surface area (Å²) in [4.78, 5) is 16.9. The number of carbonyl (C=O) groups is 1. The fourth-order valence-corrected chi connectivity index (χ4v) is 3.12. The molecule has 3 heterocycles. The first-order chi connectivity index (χ1) is 12.2. The van der Waals surface area contributed by atoms with E-state index in [-0.39, 0.29) is 5.91 Å². The topological polar surface area (TPSA) is 84.7 Å². The Labute approximate surface area is 145 Å². The average molecular weight is 336 g/mol. The van der Waals surface area contributed by atoms with Gasteiger partial charge in [-0.15, -0.1) is 5.10 Å². The first-order valence-electron chi connectivity index (χ1n) is 8.47. The maximum atomic E-state index is 12.4. The van der Waals surface area contributed by atoms with Crippen molar-refractivity contribution in [1.29, 1.82) is 0 Å². The monoisotopic (exact) mass is 336 g/mol. The molecule has 4 rings (SSSR count). The van der Waals surface area contributed by atoms with Crippen LogP contribution in [-0.4, -0.2) is 39.0 Å². The van der Waals surface area contributed by atoms with Gasteiger partial charge in [-0.3, -0.25) is 4.79 Å². The highest BCUT2D eigenvalue weighted by molar-refractivity contribution is 5.95. The van der Waals surface area contributed by atoms with E-state index in [9.17, 15) is 4.79 Å². The fraction of sp³-hybridized carbons (Fsp3) is 0.333. The SMILES string of the molecule is Cc1cccc2ccc(C(=O)NCc3cn(C4CCNC4)nn3)nc12. The van der Waals surface area contributed by atoms with Gasteiger partial charge in [0.2, 0.25) is 0 Å². The molecule has 0 spiro atoms. The Kier molecular flexibility index (Phi) is 4.15. The van der Waals surface area contributed by atoms with Gasteiger partial charge in [-0.05, 0) is 31.5 Å². The van der Waals surface area contributed by atoms with Gasteiger partial charge in [0.15, 0.2) is 0 Å². The number of hydrogen-bond acceptors (Lipinski definition) is 5. The molecule has 7 nitrogen and oxygen atoms in total. The van der Waals surface area contributed by atoms with Crippen LogP contribution in [-0.2, 0) is 6.54 Å². The summed E-state index contributed by atoms with van der Waals surface area (Å²) < 4.78 is 1.87. The van der Waals surface area contributed by atoms with Crippen LogP contribution in [0.1, 0.15) is 34.2 Å². The number of aromatic nitrogens is 4. The molecule has 1 aliphatic heterocycles. The Hall–Kier alpha value is -2.80. The van der Waals surface area contributed by atoms with Crippen LogP contribution >= 0.6 is 0 Å². The molecule has 128 valence electrons. The summed E-state index contributed by atoms with van der Waals surface area (Å²) in [6.45, 7) is 4.25. The highest BCUT2D eigenvalue weighted by atomic mass is 16.1. The second-order valence-corrected chi connectivity index (χ2v) is 6.36. The van der Waals surface area contributed by atoms with Crippen LogP contribution in [0.15, 0.2) is 36.5 Å². The third kappa shape index (κ3) is 3.23. The summed E-state index contributed by atoms with van der Waals surface area (Å²) in [5, 5.41) is 15.5. The minimum atomic E-state index is -0.206. The first kappa shape index (κ1) is 15.7. The maximum absolute atomic E-state index is 12.4. The van der Waals surface area contributed by atoms with Crippen molar-refractivity contribution < 1.29 is 4.79 Å². The van der Waals surface area contributed by atoms with Crippen LogP contribution in [0, 0.1) is 6.92 Å². The molecule has 2 aromatic heterocycles. The van der Waals surface area contributed by atoms with Crippen LogP contribution in [0.2, 0.25) is 0 Å². The molecule has 7 heteroatoms. The Morgan fingerprint density at radius 2 is 2.28 bits per heavy atom. The second-order valence-electron chi connectivity index (χ2n) is 6.36. The third-order valence-corrected chi connectivity index (χ3v) is 4.55. The minimum absolute atomic E-state index is 0.206. The molecule has 1 aliphatic rings. The lowest BCUT2D eigenvalue weighted by molar-refractivity contribution is 0.0946. The Morgan fingerprint density at radius 1 is 1.36 bits per heavy atom. The second kappa shape index (κ2) is 6.60. The number of rotatable bonds is 4. The molecule has 0 bridgehead atoms. The maximum Gasteiger partial charge on any atom is 0.270 e. The lowest BCUT2D eigenvalue weighted by atomic mass is 10.1. The molecule has 1 saturated heterocycles. The molecule has 1 fully saturated rings. The van der Waals surface area contributed by atoms with Crippen molar-refractivity contribution in [2.75, 3.05) is 13.1 Å². The minimum Gasteiger partial charge on any atom is -0.345 e. The molecule has 1 unspecified atom stereocenters. The quantitative estimate of drug-likeness (QED) is 0.756. The zero-order valence-electron chi connectivity index (χ0n) is 14.1.